The van der Waals surface area contributed by atoms with Gasteiger partial charge >= 0.3 is 0 Å². The molecule has 0 aliphatic carbocycles. The Labute approximate surface area is 100 Å². The molecule has 0 aromatic rings. The molecule has 16 heavy (non-hydrogen) atoms. The van der Waals surface area contributed by atoms with Gasteiger partial charge in [-0.15, -0.1) is 0 Å². The summed E-state index contributed by atoms with van der Waals surface area (Å²) in [6, 6.07) is 0. The maximum absolute atomic E-state index is 12.0. The zero-order chi connectivity index (χ0) is 13.0. The topological polar surface area (TPSA) is 41.1 Å². The zero-order valence-corrected chi connectivity index (χ0v) is 11.9. The van der Waals surface area contributed by atoms with E-state index in [2.05, 4.69) is 38.3 Å². The molecule has 0 fully saturated rings. The molecule has 0 saturated heterocycles. The fraction of sp³-hybridized carbons (Fsp3) is 0.923. The average Bonchev–Trinajstić information content (AvgIpc) is 2.12. The molecule has 0 spiro atoms. The van der Waals surface area contributed by atoms with E-state index in [4.69, 9.17) is 0 Å². The molecule has 0 aromatic carbocycles. The molecular formula is C13H28N2O. The molecule has 0 atom stereocenters. The van der Waals surface area contributed by atoms with Gasteiger partial charge in [-0.2, -0.15) is 0 Å². The van der Waals surface area contributed by atoms with E-state index in [9.17, 15) is 4.79 Å². The van der Waals surface area contributed by atoms with Gasteiger partial charge in [0.15, 0.2) is 0 Å². The molecule has 0 saturated carbocycles. The lowest BCUT2D eigenvalue weighted by molar-refractivity contribution is -0.130. The Kier molecular flexibility index (Phi) is 5.47. The van der Waals surface area contributed by atoms with Crippen molar-refractivity contribution >= 4 is 5.91 Å². The normalized spacial score (nSPS) is 13.0. The van der Waals surface area contributed by atoms with E-state index in [-0.39, 0.29) is 16.9 Å². The van der Waals surface area contributed by atoms with Crippen molar-refractivity contribution in [3.05, 3.63) is 0 Å². The molecule has 0 aliphatic rings. The van der Waals surface area contributed by atoms with Crippen LogP contribution >= 0.6 is 0 Å². The Morgan fingerprint density at radius 2 is 1.69 bits per heavy atom. The second-order valence-electron chi connectivity index (χ2n) is 6.30. The third-order valence-electron chi connectivity index (χ3n) is 2.85. The molecule has 0 rings (SSSR count). The summed E-state index contributed by atoms with van der Waals surface area (Å²) in [5, 5.41) is 6.24. The number of nitrogens with one attached hydrogen (secondary N) is 2. The Morgan fingerprint density at radius 3 is 2.06 bits per heavy atom. The van der Waals surface area contributed by atoms with Crippen molar-refractivity contribution in [1.82, 2.24) is 10.6 Å². The standard InChI is InChI=1S/C13H28N2O/c1-10(2)8-15-11(16)12(3,4)9-13(5,6)14-7/h10,14H,8-9H2,1-7H3,(H,15,16). The van der Waals surface area contributed by atoms with Crippen molar-refractivity contribution in [2.45, 2.75) is 53.5 Å². The smallest absolute Gasteiger partial charge is 0.225 e. The Hall–Kier alpha value is -0.570. The van der Waals surface area contributed by atoms with Crippen LogP contribution in [0.2, 0.25) is 0 Å². The van der Waals surface area contributed by atoms with Crippen LogP contribution in [0.3, 0.4) is 0 Å². The highest BCUT2D eigenvalue weighted by atomic mass is 16.2. The highest BCUT2D eigenvalue weighted by molar-refractivity contribution is 5.81. The van der Waals surface area contributed by atoms with E-state index in [1.807, 2.05) is 20.9 Å². The minimum absolute atomic E-state index is 0.0152. The Balaban J connectivity index is 4.36. The second-order valence-corrected chi connectivity index (χ2v) is 6.30. The predicted octanol–water partition coefficient (Wildman–Crippen LogP) is 2.17. The summed E-state index contributed by atoms with van der Waals surface area (Å²) in [7, 11) is 1.93. The molecule has 3 nitrogen and oxygen atoms in total. The van der Waals surface area contributed by atoms with Crippen LogP contribution in [0.4, 0.5) is 0 Å². The summed E-state index contributed by atoms with van der Waals surface area (Å²) < 4.78 is 0. The van der Waals surface area contributed by atoms with Crippen LogP contribution in [-0.2, 0) is 4.79 Å². The minimum Gasteiger partial charge on any atom is -0.355 e. The first-order chi connectivity index (χ1) is 7.10. The van der Waals surface area contributed by atoms with Crippen molar-refractivity contribution in [2.75, 3.05) is 13.6 Å². The van der Waals surface area contributed by atoms with Crippen LogP contribution in [-0.4, -0.2) is 25.0 Å². The van der Waals surface area contributed by atoms with E-state index >= 15 is 0 Å². The molecule has 0 aromatic heterocycles. The summed E-state index contributed by atoms with van der Waals surface area (Å²) in [6.45, 7) is 13.2. The quantitative estimate of drug-likeness (QED) is 0.731. The van der Waals surface area contributed by atoms with Crippen molar-refractivity contribution in [2.24, 2.45) is 11.3 Å². The van der Waals surface area contributed by atoms with E-state index in [0.717, 1.165) is 13.0 Å². The van der Waals surface area contributed by atoms with Gasteiger partial charge in [-0.25, -0.2) is 0 Å². The molecule has 1 amide bonds. The molecule has 3 heteroatoms. The number of hydrogen-bond acceptors (Lipinski definition) is 2. The van der Waals surface area contributed by atoms with Crippen LogP contribution in [0.15, 0.2) is 0 Å². The summed E-state index contributed by atoms with van der Waals surface area (Å²) in [5.74, 6) is 0.640. The summed E-state index contributed by atoms with van der Waals surface area (Å²) in [5.41, 5.74) is -0.347. The van der Waals surface area contributed by atoms with Crippen LogP contribution in [0, 0.1) is 11.3 Å². The van der Waals surface area contributed by atoms with E-state index < -0.39 is 0 Å². The highest BCUT2D eigenvalue weighted by Crippen LogP contribution is 2.27. The van der Waals surface area contributed by atoms with Gasteiger partial charge < -0.3 is 10.6 Å². The second kappa shape index (κ2) is 5.67. The monoisotopic (exact) mass is 228 g/mol. The Morgan fingerprint density at radius 1 is 1.19 bits per heavy atom. The first-order valence-electron chi connectivity index (χ1n) is 6.08. The summed E-state index contributed by atoms with van der Waals surface area (Å²) in [4.78, 5) is 12.0. The third kappa shape index (κ3) is 5.50. The lowest BCUT2D eigenvalue weighted by Gasteiger charge is -2.34. The molecule has 2 N–H and O–H groups in total. The van der Waals surface area contributed by atoms with Crippen molar-refractivity contribution < 1.29 is 4.79 Å². The fourth-order valence-electron chi connectivity index (χ4n) is 1.81. The first-order valence-corrected chi connectivity index (χ1v) is 6.08. The summed E-state index contributed by atoms with van der Waals surface area (Å²) >= 11 is 0. The van der Waals surface area contributed by atoms with Crippen LogP contribution in [0.5, 0.6) is 0 Å². The number of carbonyl (C=O) groups excluding carboxylic acids is 1. The highest BCUT2D eigenvalue weighted by Gasteiger charge is 2.33. The van der Waals surface area contributed by atoms with Gasteiger partial charge in [0, 0.05) is 17.5 Å². The van der Waals surface area contributed by atoms with E-state index in [1.54, 1.807) is 0 Å². The fourth-order valence-corrected chi connectivity index (χ4v) is 1.81. The third-order valence-corrected chi connectivity index (χ3v) is 2.85. The molecule has 0 aliphatic heterocycles. The van der Waals surface area contributed by atoms with Gasteiger partial charge in [-0.3, -0.25) is 4.79 Å². The number of rotatable bonds is 6. The van der Waals surface area contributed by atoms with E-state index in [0.29, 0.717) is 5.92 Å². The average molecular weight is 228 g/mol. The lowest BCUT2D eigenvalue weighted by Crippen LogP contribution is -2.47. The first kappa shape index (κ1) is 15.4. The van der Waals surface area contributed by atoms with Gasteiger partial charge in [0.2, 0.25) is 5.91 Å². The molecule has 0 bridgehead atoms. The van der Waals surface area contributed by atoms with Crippen molar-refractivity contribution in [1.29, 1.82) is 0 Å². The molecule has 0 heterocycles. The molecule has 96 valence electrons. The maximum Gasteiger partial charge on any atom is 0.225 e. The van der Waals surface area contributed by atoms with Crippen molar-refractivity contribution in [3.63, 3.8) is 0 Å². The minimum atomic E-state index is -0.332. The van der Waals surface area contributed by atoms with Crippen LogP contribution in [0.1, 0.15) is 48.0 Å². The van der Waals surface area contributed by atoms with Crippen molar-refractivity contribution in [3.8, 4) is 0 Å². The van der Waals surface area contributed by atoms with Gasteiger partial charge in [-0.1, -0.05) is 27.7 Å². The molecule has 0 unspecified atom stereocenters. The molecule has 0 radical (unpaired) electrons. The van der Waals surface area contributed by atoms with Crippen LogP contribution < -0.4 is 10.6 Å². The van der Waals surface area contributed by atoms with Gasteiger partial charge in [0.25, 0.3) is 0 Å². The molecular weight excluding hydrogens is 200 g/mol. The SMILES string of the molecule is CNC(C)(C)CC(C)(C)C(=O)NCC(C)C. The largest absolute Gasteiger partial charge is 0.355 e. The lowest BCUT2D eigenvalue weighted by atomic mass is 9.79. The van der Waals surface area contributed by atoms with Gasteiger partial charge in [-0.05, 0) is 33.2 Å². The number of amides is 1. The van der Waals surface area contributed by atoms with Gasteiger partial charge in [0.05, 0.1) is 0 Å². The Bertz CT molecular complexity index is 232. The maximum atomic E-state index is 12.0. The number of carbonyl (C=O) groups is 1. The van der Waals surface area contributed by atoms with E-state index in [1.165, 1.54) is 0 Å². The van der Waals surface area contributed by atoms with Gasteiger partial charge in [0.1, 0.15) is 0 Å². The van der Waals surface area contributed by atoms with Crippen LogP contribution in [0.25, 0.3) is 0 Å². The summed E-state index contributed by atoms with van der Waals surface area (Å²) in [6.07, 6.45) is 0.820. The zero-order valence-electron chi connectivity index (χ0n) is 11.9. The number of hydrogen-bond donors (Lipinski definition) is 2. The predicted molar refractivity (Wildman–Crippen MR) is 69.4 cm³/mol.